The molecule has 0 amide bonds. The molecule has 1 aliphatic heterocycles. The number of alkyl halides is 6. The van der Waals surface area contributed by atoms with Gasteiger partial charge in [-0.05, 0) is 32.9 Å². The van der Waals surface area contributed by atoms with Crippen molar-refractivity contribution < 1.29 is 40.7 Å². The van der Waals surface area contributed by atoms with Gasteiger partial charge in [-0.15, -0.1) is 0 Å². The highest BCUT2D eigenvalue weighted by Gasteiger charge is 2.63. The van der Waals surface area contributed by atoms with Crippen molar-refractivity contribution in [3.8, 4) is 5.75 Å². The van der Waals surface area contributed by atoms with E-state index in [-0.39, 0.29) is 13.2 Å². The van der Waals surface area contributed by atoms with Crippen molar-refractivity contribution in [2.24, 2.45) is 5.16 Å². The Balaban J connectivity index is 1.88. The van der Waals surface area contributed by atoms with Gasteiger partial charge in [0.15, 0.2) is 0 Å². The van der Waals surface area contributed by atoms with Crippen molar-refractivity contribution in [2.75, 3.05) is 6.61 Å². The summed E-state index contributed by atoms with van der Waals surface area (Å²) in [6, 6.07) is 2.90. The Bertz CT molecular complexity index is 1110. The van der Waals surface area contributed by atoms with Crippen LogP contribution in [0.2, 0.25) is 0 Å². The van der Waals surface area contributed by atoms with Gasteiger partial charge in [-0.1, -0.05) is 29.9 Å². The summed E-state index contributed by atoms with van der Waals surface area (Å²) >= 11 is 0. The summed E-state index contributed by atoms with van der Waals surface area (Å²) in [4.78, 5) is 9.13. The third-order valence-corrected chi connectivity index (χ3v) is 5.48. The third kappa shape index (κ3) is 4.83. The average Bonchev–Trinajstić information content (AvgIpc) is 3.20. The van der Waals surface area contributed by atoms with Crippen LogP contribution in [0.4, 0.5) is 26.3 Å². The van der Waals surface area contributed by atoms with Crippen LogP contribution in [0.3, 0.4) is 0 Å². The van der Waals surface area contributed by atoms with Crippen LogP contribution < -0.4 is 4.74 Å². The van der Waals surface area contributed by atoms with E-state index in [1.807, 2.05) is 0 Å². The van der Waals surface area contributed by atoms with E-state index in [4.69, 9.17) is 14.3 Å². The second-order valence-electron chi connectivity index (χ2n) is 7.76. The van der Waals surface area contributed by atoms with Gasteiger partial charge in [-0.25, -0.2) is 0 Å². The molecule has 5 nitrogen and oxygen atoms in total. The third-order valence-electron chi connectivity index (χ3n) is 5.48. The van der Waals surface area contributed by atoms with E-state index in [1.54, 1.807) is 20.8 Å². The van der Waals surface area contributed by atoms with Crippen molar-refractivity contribution in [3.63, 3.8) is 0 Å². The first kappa shape index (κ1) is 25.4. The quantitative estimate of drug-likeness (QED) is 0.354. The summed E-state index contributed by atoms with van der Waals surface area (Å²) in [5.74, 6) is 0.0476. The zero-order valence-corrected chi connectivity index (χ0v) is 18.6. The Morgan fingerprint density at radius 2 is 1.79 bits per heavy atom. The number of pyridine rings is 1. The zero-order valence-electron chi connectivity index (χ0n) is 18.6. The summed E-state index contributed by atoms with van der Waals surface area (Å²) in [5, 5.41) is 3.42. The van der Waals surface area contributed by atoms with Gasteiger partial charge in [-0.3, -0.25) is 4.98 Å². The maximum atomic E-state index is 14.1. The van der Waals surface area contributed by atoms with Crippen LogP contribution in [0.15, 0.2) is 42.1 Å². The van der Waals surface area contributed by atoms with E-state index in [9.17, 15) is 26.3 Å². The minimum atomic E-state index is -5.07. The number of nitrogens with zero attached hydrogens (tertiary/aromatic N) is 2. The molecule has 184 valence electrons. The standard InChI is InChI=1S/C23H22F6N2O3/c1-5-9-32-20-13(2)14(3)30-15(4)18(20)12-33-19-11-21(34-31-19,23(27,28)29)16-7-6-8-17(10-16)22(24,25)26/h5-8,10H,1,9,11-12H2,2-4H3. The van der Waals surface area contributed by atoms with Gasteiger partial charge < -0.3 is 14.3 Å². The lowest BCUT2D eigenvalue weighted by Crippen LogP contribution is -2.43. The number of aryl methyl sites for hydroxylation is 2. The topological polar surface area (TPSA) is 52.9 Å². The number of hydrogen-bond donors (Lipinski definition) is 0. The van der Waals surface area contributed by atoms with E-state index < -0.39 is 41.4 Å². The van der Waals surface area contributed by atoms with Gasteiger partial charge in [-0.2, -0.15) is 26.3 Å². The second-order valence-corrected chi connectivity index (χ2v) is 7.76. The lowest BCUT2D eigenvalue weighted by Gasteiger charge is -2.29. The Morgan fingerprint density at radius 3 is 2.41 bits per heavy atom. The molecule has 0 saturated heterocycles. The number of benzene rings is 1. The Kier molecular flexibility index (Phi) is 6.86. The van der Waals surface area contributed by atoms with Gasteiger partial charge in [0, 0.05) is 22.5 Å². The largest absolute Gasteiger partial charge is 0.489 e. The van der Waals surface area contributed by atoms with Crippen LogP contribution in [0.25, 0.3) is 0 Å². The molecule has 2 heterocycles. The molecule has 34 heavy (non-hydrogen) atoms. The monoisotopic (exact) mass is 488 g/mol. The molecule has 0 saturated carbocycles. The summed E-state index contributed by atoms with van der Waals surface area (Å²) in [5.41, 5.74) is -2.59. The van der Waals surface area contributed by atoms with E-state index in [2.05, 4.69) is 16.7 Å². The normalized spacial score (nSPS) is 18.3. The Morgan fingerprint density at radius 1 is 1.09 bits per heavy atom. The molecular formula is C23H22F6N2O3. The number of ether oxygens (including phenoxy) is 2. The molecule has 3 rings (SSSR count). The second kappa shape index (κ2) is 9.19. The fourth-order valence-electron chi connectivity index (χ4n) is 3.52. The average molecular weight is 488 g/mol. The van der Waals surface area contributed by atoms with Crippen LogP contribution in [-0.2, 0) is 28.0 Å². The molecule has 0 radical (unpaired) electrons. The lowest BCUT2D eigenvalue weighted by atomic mass is 9.88. The molecule has 1 atom stereocenters. The maximum Gasteiger partial charge on any atom is 0.435 e. The van der Waals surface area contributed by atoms with E-state index >= 15 is 0 Å². The van der Waals surface area contributed by atoms with Crippen molar-refractivity contribution in [1.82, 2.24) is 4.98 Å². The Hall–Kier alpha value is -3.24. The smallest absolute Gasteiger partial charge is 0.435 e. The first-order chi connectivity index (χ1) is 15.8. The number of rotatable bonds is 6. The van der Waals surface area contributed by atoms with Crippen molar-refractivity contribution in [1.29, 1.82) is 0 Å². The van der Waals surface area contributed by atoms with Crippen LogP contribution in [-0.4, -0.2) is 23.7 Å². The number of hydrogen-bond acceptors (Lipinski definition) is 5. The molecule has 0 N–H and O–H groups in total. The molecule has 1 unspecified atom stereocenters. The molecule has 0 fully saturated rings. The molecule has 2 aromatic rings. The molecule has 1 aromatic heterocycles. The van der Waals surface area contributed by atoms with Crippen LogP contribution in [0, 0.1) is 20.8 Å². The lowest BCUT2D eigenvalue weighted by molar-refractivity contribution is -0.276. The van der Waals surface area contributed by atoms with E-state index in [0.717, 1.165) is 17.7 Å². The fraction of sp³-hybridized carbons (Fsp3) is 0.391. The highest BCUT2D eigenvalue weighted by atomic mass is 19.4. The first-order valence-corrected chi connectivity index (χ1v) is 10.1. The summed E-state index contributed by atoms with van der Waals surface area (Å²) < 4.78 is 92.7. The Labute approximate surface area is 192 Å². The van der Waals surface area contributed by atoms with Crippen LogP contribution in [0.5, 0.6) is 5.75 Å². The van der Waals surface area contributed by atoms with Crippen molar-refractivity contribution >= 4 is 5.90 Å². The minimum absolute atomic E-state index is 0.188. The van der Waals surface area contributed by atoms with Crippen LogP contribution in [0.1, 0.15) is 40.1 Å². The number of aromatic nitrogens is 1. The molecule has 0 spiro atoms. The molecular weight excluding hydrogens is 466 g/mol. The number of oxime groups is 1. The highest BCUT2D eigenvalue weighted by molar-refractivity contribution is 5.78. The highest BCUT2D eigenvalue weighted by Crippen LogP contribution is 2.49. The van der Waals surface area contributed by atoms with Gasteiger partial charge in [0.2, 0.25) is 5.90 Å². The summed E-state index contributed by atoms with van der Waals surface area (Å²) in [7, 11) is 0. The molecule has 0 aliphatic carbocycles. The minimum Gasteiger partial charge on any atom is -0.489 e. The van der Waals surface area contributed by atoms with Gasteiger partial charge in [0.25, 0.3) is 5.60 Å². The predicted octanol–water partition coefficient (Wildman–Crippen LogP) is 6.30. The fourth-order valence-corrected chi connectivity index (χ4v) is 3.52. The molecule has 1 aliphatic rings. The van der Waals surface area contributed by atoms with Gasteiger partial charge in [0.1, 0.15) is 19.0 Å². The van der Waals surface area contributed by atoms with Crippen molar-refractivity contribution in [3.05, 3.63) is 70.6 Å². The first-order valence-electron chi connectivity index (χ1n) is 10.1. The maximum absolute atomic E-state index is 14.1. The van der Waals surface area contributed by atoms with Gasteiger partial charge in [0.05, 0.1) is 17.5 Å². The van der Waals surface area contributed by atoms with Crippen LogP contribution >= 0.6 is 0 Å². The van der Waals surface area contributed by atoms with E-state index in [1.165, 1.54) is 6.08 Å². The molecule has 11 heteroatoms. The summed E-state index contributed by atoms with van der Waals surface area (Å²) in [6.07, 6.45) is -9.28. The zero-order chi connectivity index (χ0) is 25.3. The number of halogens is 6. The van der Waals surface area contributed by atoms with Gasteiger partial charge >= 0.3 is 12.4 Å². The summed E-state index contributed by atoms with van der Waals surface area (Å²) in [6.45, 7) is 8.81. The predicted molar refractivity (Wildman–Crippen MR) is 111 cm³/mol. The molecule has 0 bridgehead atoms. The molecule has 1 aromatic carbocycles. The van der Waals surface area contributed by atoms with Crippen molar-refractivity contribution in [2.45, 2.75) is 51.8 Å². The SMILES string of the molecule is C=CCOc1c(C)c(C)nc(C)c1COC1=NOC(c2cccc(C(F)(F)F)c2)(C(F)(F)F)C1. The van der Waals surface area contributed by atoms with E-state index in [0.29, 0.717) is 34.8 Å².